The lowest BCUT2D eigenvalue weighted by molar-refractivity contribution is -0.119. The molecule has 1 unspecified atom stereocenters. The van der Waals surface area contributed by atoms with Crippen LogP contribution in [0.3, 0.4) is 0 Å². The molecular weight excluding hydrogens is 260 g/mol. The van der Waals surface area contributed by atoms with Gasteiger partial charge in [0.2, 0.25) is 0 Å². The average molecular weight is 284 g/mol. The summed E-state index contributed by atoms with van der Waals surface area (Å²) in [5, 5.41) is 0. The van der Waals surface area contributed by atoms with E-state index in [0.29, 0.717) is 5.92 Å². The number of anilines is 1. The van der Waals surface area contributed by atoms with E-state index in [1.165, 1.54) is 38.5 Å². The molecule has 1 atom stereocenters. The normalized spacial score (nSPS) is 24.1. The van der Waals surface area contributed by atoms with Gasteiger partial charge in [0.15, 0.2) is 0 Å². The summed E-state index contributed by atoms with van der Waals surface area (Å²) in [6, 6.07) is 7.95. The summed E-state index contributed by atoms with van der Waals surface area (Å²) in [6.07, 6.45) is 7.64. The number of rotatable bonds is 1. The average Bonchev–Trinajstić information content (AvgIpc) is 2.83. The minimum atomic E-state index is -0.277. The molecule has 112 valence electrons. The van der Waals surface area contributed by atoms with Crippen molar-refractivity contribution in [2.24, 2.45) is 10.9 Å². The molecule has 1 aromatic carbocycles. The lowest BCUT2D eigenvalue weighted by Crippen LogP contribution is -2.32. The van der Waals surface area contributed by atoms with Gasteiger partial charge in [0.1, 0.15) is 6.04 Å². The van der Waals surface area contributed by atoms with Crippen molar-refractivity contribution in [1.82, 2.24) is 0 Å². The van der Waals surface area contributed by atoms with Gasteiger partial charge in [0.25, 0.3) is 5.91 Å². The molecular formula is C18H24N2O. The van der Waals surface area contributed by atoms with Gasteiger partial charge in [-0.1, -0.05) is 43.9 Å². The van der Waals surface area contributed by atoms with Crippen LogP contribution in [0.4, 0.5) is 5.69 Å². The first kappa shape index (κ1) is 14.3. The molecule has 1 aromatic rings. The molecule has 0 aromatic heterocycles. The Bertz CT molecular complexity index is 556. The van der Waals surface area contributed by atoms with Crippen LogP contribution in [0.25, 0.3) is 0 Å². The summed E-state index contributed by atoms with van der Waals surface area (Å²) >= 11 is 0. The van der Waals surface area contributed by atoms with Crippen molar-refractivity contribution in [1.29, 1.82) is 0 Å². The number of hydrogen-bond donors (Lipinski definition) is 0. The van der Waals surface area contributed by atoms with Crippen LogP contribution in [0, 0.1) is 5.92 Å². The highest BCUT2D eigenvalue weighted by molar-refractivity contribution is 6.13. The van der Waals surface area contributed by atoms with Gasteiger partial charge >= 0.3 is 0 Å². The standard InChI is InChI=1S/C18H24N2O/c1-13-18(21)20(2)16-12-8-7-11-15(16)17(19-13)14-9-5-3-4-6-10-14/h7-8,11-14H,3-6,9-10H2,1-2H3. The summed E-state index contributed by atoms with van der Waals surface area (Å²) in [7, 11) is 1.86. The van der Waals surface area contributed by atoms with Crippen LogP contribution in [-0.4, -0.2) is 24.7 Å². The number of fused-ring (bicyclic) bond motifs is 1. The third-order valence-electron chi connectivity index (χ3n) is 4.80. The van der Waals surface area contributed by atoms with Crippen molar-refractivity contribution < 1.29 is 4.79 Å². The summed E-state index contributed by atoms with van der Waals surface area (Å²) < 4.78 is 0. The van der Waals surface area contributed by atoms with E-state index in [4.69, 9.17) is 4.99 Å². The fraction of sp³-hybridized carbons (Fsp3) is 0.556. The molecule has 3 nitrogen and oxygen atoms in total. The minimum Gasteiger partial charge on any atom is -0.313 e. The number of benzene rings is 1. The van der Waals surface area contributed by atoms with Crippen LogP contribution in [0.15, 0.2) is 29.3 Å². The zero-order valence-electron chi connectivity index (χ0n) is 13.0. The quantitative estimate of drug-likeness (QED) is 0.722. The molecule has 0 N–H and O–H groups in total. The number of likely N-dealkylation sites (N-methyl/N-ethyl adjacent to an activating group) is 1. The van der Waals surface area contributed by atoms with E-state index >= 15 is 0 Å². The summed E-state index contributed by atoms with van der Waals surface area (Å²) in [6.45, 7) is 1.92. The molecule has 21 heavy (non-hydrogen) atoms. The third kappa shape index (κ3) is 2.74. The minimum absolute atomic E-state index is 0.0890. The van der Waals surface area contributed by atoms with Gasteiger partial charge in [-0.05, 0) is 25.8 Å². The van der Waals surface area contributed by atoms with Crippen LogP contribution in [0.5, 0.6) is 0 Å². The molecule has 1 fully saturated rings. The Morgan fingerprint density at radius 3 is 2.48 bits per heavy atom. The summed E-state index contributed by atoms with van der Waals surface area (Å²) in [5.41, 5.74) is 3.33. The number of carbonyl (C=O) groups is 1. The predicted octanol–water partition coefficient (Wildman–Crippen LogP) is 3.81. The largest absolute Gasteiger partial charge is 0.313 e. The molecule has 1 heterocycles. The van der Waals surface area contributed by atoms with Crippen molar-refractivity contribution in [3.8, 4) is 0 Å². The van der Waals surface area contributed by atoms with Crippen molar-refractivity contribution in [2.75, 3.05) is 11.9 Å². The molecule has 0 saturated heterocycles. The van der Waals surface area contributed by atoms with E-state index in [1.54, 1.807) is 4.90 Å². The highest BCUT2D eigenvalue weighted by Crippen LogP contribution is 2.32. The van der Waals surface area contributed by atoms with Crippen LogP contribution in [0.1, 0.15) is 51.0 Å². The van der Waals surface area contributed by atoms with Crippen molar-refractivity contribution in [3.05, 3.63) is 29.8 Å². The smallest absolute Gasteiger partial charge is 0.251 e. The first-order valence-corrected chi connectivity index (χ1v) is 8.13. The first-order valence-electron chi connectivity index (χ1n) is 8.13. The van der Waals surface area contributed by atoms with Gasteiger partial charge in [0, 0.05) is 24.2 Å². The predicted molar refractivity (Wildman–Crippen MR) is 87.0 cm³/mol. The van der Waals surface area contributed by atoms with E-state index in [1.807, 2.05) is 26.1 Å². The van der Waals surface area contributed by atoms with Gasteiger partial charge in [0.05, 0.1) is 5.69 Å². The monoisotopic (exact) mass is 284 g/mol. The van der Waals surface area contributed by atoms with Crippen molar-refractivity contribution in [3.63, 3.8) is 0 Å². The van der Waals surface area contributed by atoms with Crippen molar-refractivity contribution in [2.45, 2.75) is 51.5 Å². The number of benzodiazepines with no additional fused rings is 1. The second-order valence-corrected chi connectivity index (χ2v) is 6.29. The number of carbonyl (C=O) groups excluding carboxylic acids is 1. The molecule has 0 spiro atoms. The molecule has 0 bridgehead atoms. The Morgan fingerprint density at radius 2 is 1.76 bits per heavy atom. The Hall–Kier alpha value is -1.64. The van der Waals surface area contributed by atoms with E-state index in [-0.39, 0.29) is 11.9 Å². The Labute approximate surface area is 127 Å². The highest BCUT2D eigenvalue weighted by atomic mass is 16.2. The zero-order chi connectivity index (χ0) is 14.8. The highest BCUT2D eigenvalue weighted by Gasteiger charge is 2.29. The molecule has 2 aliphatic rings. The third-order valence-corrected chi connectivity index (χ3v) is 4.80. The topological polar surface area (TPSA) is 32.7 Å². The number of nitrogens with zero attached hydrogens (tertiary/aromatic N) is 2. The van der Waals surface area contributed by atoms with E-state index in [0.717, 1.165) is 17.0 Å². The molecule has 1 aliphatic carbocycles. The molecule has 0 radical (unpaired) electrons. The van der Waals surface area contributed by atoms with Crippen LogP contribution in [0.2, 0.25) is 0 Å². The van der Waals surface area contributed by atoms with Crippen LogP contribution in [-0.2, 0) is 4.79 Å². The van der Waals surface area contributed by atoms with Crippen LogP contribution >= 0.6 is 0 Å². The van der Waals surface area contributed by atoms with Gasteiger partial charge < -0.3 is 4.90 Å². The summed E-state index contributed by atoms with van der Waals surface area (Å²) in [4.78, 5) is 19.0. The van der Waals surface area contributed by atoms with Gasteiger partial charge in [-0.15, -0.1) is 0 Å². The molecule has 3 heteroatoms. The van der Waals surface area contributed by atoms with E-state index < -0.39 is 0 Å². The maximum Gasteiger partial charge on any atom is 0.251 e. The second kappa shape index (κ2) is 6.00. The SMILES string of the molecule is CC1N=C(C2CCCCCC2)c2ccccc2N(C)C1=O. The maximum atomic E-state index is 12.4. The van der Waals surface area contributed by atoms with Crippen molar-refractivity contribution >= 4 is 17.3 Å². The number of amides is 1. The molecule has 1 saturated carbocycles. The maximum absolute atomic E-state index is 12.4. The van der Waals surface area contributed by atoms with E-state index in [2.05, 4.69) is 12.1 Å². The lowest BCUT2D eigenvalue weighted by Gasteiger charge is -2.21. The fourth-order valence-corrected chi connectivity index (χ4v) is 3.59. The molecule has 1 aliphatic heterocycles. The Kier molecular flexibility index (Phi) is 4.09. The van der Waals surface area contributed by atoms with Crippen LogP contribution < -0.4 is 4.90 Å². The number of para-hydroxylation sites is 1. The number of aliphatic imine (C=N–C) groups is 1. The van der Waals surface area contributed by atoms with E-state index in [9.17, 15) is 4.79 Å². The molecule has 1 amide bonds. The zero-order valence-corrected chi connectivity index (χ0v) is 13.0. The van der Waals surface area contributed by atoms with Gasteiger partial charge in [-0.2, -0.15) is 0 Å². The van der Waals surface area contributed by atoms with Gasteiger partial charge in [-0.3, -0.25) is 9.79 Å². The number of hydrogen-bond acceptors (Lipinski definition) is 2. The lowest BCUT2D eigenvalue weighted by atomic mass is 9.89. The Balaban J connectivity index is 2.06. The fourth-order valence-electron chi connectivity index (χ4n) is 3.59. The second-order valence-electron chi connectivity index (χ2n) is 6.29. The Morgan fingerprint density at radius 1 is 1.10 bits per heavy atom. The first-order chi connectivity index (χ1) is 10.2. The summed E-state index contributed by atoms with van der Waals surface area (Å²) in [5.74, 6) is 0.599. The van der Waals surface area contributed by atoms with Gasteiger partial charge in [-0.25, -0.2) is 0 Å². The molecule has 3 rings (SSSR count).